The second kappa shape index (κ2) is 10.8. The maximum absolute atomic E-state index is 6.47. The quantitative estimate of drug-likeness (QED) is 0.560. The van der Waals surface area contributed by atoms with E-state index in [4.69, 9.17) is 50.1 Å². The highest BCUT2D eigenvalue weighted by molar-refractivity contribution is 7.80. The molecule has 2 N–H and O–H groups in total. The lowest BCUT2D eigenvalue weighted by Gasteiger charge is -2.22. The molecule has 0 bridgehead atoms. The van der Waals surface area contributed by atoms with Gasteiger partial charge in [0.2, 0.25) is 0 Å². The van der Waals surface area contributed by atoms with Crippen molar-refractivity contribution in [3.63, 3.8) is 0 Å². The molecule has 1 aromatic carbocycles. The van der Waals surface area contributed by atoms with Crippen LogP contribution in [0.3, 0.4) is 0 Å². The Balaban J connectivity index is 1.95. The molecule has 1 aliphatic rings. The van der Waals surface area contributed by atoms with Gasteiger partial charge in [0.15, 0.2) is 5.11 Å². The molecule has 2 unspecified atom stereocenters. The minimum atomic E-state index is 0.0123. The molecule has 0 radical (unpaired) electrons. The van der Waals surface area contributed by atoms with Crippen LogP contribution in [0.4, 0.5) is 5.82 Å². The van der Waals surface area contributed by atoms with Crippen LogP contribution in [-0.2, 0) is 17.6 Å². The Morgan fingerprint density at radius 3 is 2.52 bits per heavy atom. The van der Waals surface area contributed by atoms with Gasteiger partial charge in [-0.25, -0.2) is 9.97 Å². The number of nitrogens with one attached hydrogen (secondary N) is 2. The standard InChI is InChI=1S/C22H29Cl2N5OS/c1-5-16-20(14-9-8-13(23)10-15(14)24)26-17(6-2)21(27-16)28-18-11-29(22(31)25-4)12-19(18)30-7-3/h8-10,18-19H,5-7,11-12H2,1-4H3,(H,25,31)(H,27,28). The first-order valence-corrected chi connectivity index (χ1v) is 11.8. The first-order chi connectivity index (χ1) is 14.9. The summed E-state index contributed by atoms with van der Waals surface area (Å²) in [5.74, 6) is 0.792. The minimum absolute atomic E-state index is 0.0123. The van der Waals surface area contributed by atoms with E-state index in [0.717, 1.165) is 59.5 Å². The van der Waals surface area contributed by atoms with Gasteiger partial charge in [-0.05, 0) is 50.2 Å². The average Bonchev–Trinajstić information content (AvgIpc) is 3.15. The average molecular weight is 482 g/mol. The molecule has 1 fully saturated rings. The largest absolute Gasteiger partial charge is 0.374 e. The second-order valence-electron chi connectivity index (χ2n) is 7.35. The molecule has 168 valence electrons. The van der Waals surface area contributed by atoms with Crippen molar-refractivity contribution in [1.29, 1.82) is 0 Å². The third-order valence-electron chi connectivity index (χ3n) is 5.37. The maximum atomic E-state index is 6.47. The highest BCUT2D eigenvalue weighted by Crippen LogP contribution is 2.33. The van der Waals surface area contributed by atoms with Gasteiger partial charge in [-0.1, -0.05) is 37.0 Å². The van der Waals surface area contributed by atoms with Crippen molar-refractivity contribution in [2.75, 3.05) is 32.1 Å². The molecule has 2 heterocycles. The molecule has 1 aliphatic heterocycles. The van der Waals surface area contributed by atoms with Crippen molar-refractivity contribution in [2.45, 2.75) is 45.8 Å². The zero-order valence-electron chi connectivity index (χ0n) is 18.3. The fourth-order valence-corrected chi connectivity index (χ4v) is 4.45. The van der Waals surface area contributed by atoms with Crippen LogP contribution in [0.1, 0.15) is 32.2 Å². The van der Waals surface area contributed by atoms with Crippen molar-refractivity contribution < 1.29 is 4.74 Å². The van der Waals surface area contributed by atoms with Gasteiger partial charge in [-0.15, -0.1) is 0 Å². The Hall–Kier alpha value is -1.67. The Morgan fingerprint density at radius 2 is 1.90 bits per heavy atom. The molecule has 3 rings (SSSR count). The summed E-state index contributed by atoms with van der Waals surface area (Å²) in [5, 5.41) is 8.54. The minimum Gasteiger partial charge on any atom is -0.374 e. The summed E-state index contributed by atoms with van der Waals surface area (Å²) in [4.78, 5) is 12.0. The summed E-state index contributed by atoms with van der Waals surface area (Å²) < 4.78 is 5.99. The van der Waals surface area contributed by atoms with Gasteiger partial charge < -0.3 is 20.3 Å². The van der Waals surface area contributed by atoms with E-state index in [2.05, 4.69) is 29.4 Å². The smallest absolute Gasteiger partial charge is 0.168 e. The fraction of sp³-hybridized carbons (Fsp3) is 0.500. The number of halogens is 2. The van der Waals surface area contributed by atoms with Crippen molar-refractivity contribution >= 4 is 46.4 Å². The third-order valence-corrected chi connectivity index (χ3v) is 6.38. The van der Waals surface area contributed by atoms with Crippen LogP contribution in [0.15, 0.2) is 18.2 Å². The van der Waals surface area contributed by atoms with E-state index in [9.17, 15) is 0 Å². The third kappa shape index (κ3) is 5.40. The van der Waals surface area contributed by atoms with E-state index in [-0.39, 0.29) is 12.1 Å². The van der Waals surface area contributed by atoms with Crippen molar-refractivity contribution in [3.8, 4) is 11.3 Å². The molecule has 0 saturated carbocycles. The predicted octanol–water partition coefficient (Wildman–Crippen LogP) is 4.58. The highest BCUT2D eigenvalue weighted by atomic mass is 35.5. The zero-order chi connectivity index (χ0) is 22.5. The predicted molar refractivity (Wildman–Crippen MR) is 132 cm³/mol. The molecule has 1 saturated heterocycles. The van der Waals surface area contributed by atoms with Gasteiger partial charge in [-0.2, -0.15) is 0 Å². The van der Waals surface area contributed by atoms with Crippen LogP contribution in [-0.4, -0.2) is 58.9 Å². The lowest BCUT2D eigenvalue weighted by molar-refractivity contribution is 0.0672. The Morgan fingerprint density at radius 1 is 1.16 bits per heavy atom. The number of thiocarbonyl (C=S) groups is 1. The monoisotopic (exact) mass is 481 g/mol. The summed E-state index contributed by atoms with van der Waals surface area (Å²) in [6, 6.07) is 5.52. The number of ether oxygens (including phenoxy) is 1. The van der Waals surface area contributed by atoms with Crippen molar-refractivity contribution in [2.24, 2.45) is 0 Å². The fourth-order valence-electron chi connectivity index (χ4n) is 3.81. The Bertz CT molecular complexity index is 942. The van der Waals surface area contributed by atoms with E-state index in [1.807, 2.05) is 26.1 Å². The number of rotatable bonds is 7. The van der Waals surface area contributed by atoms with Crippen LogP contribution >= 0.6 is 35.4 Å². The number of aryl methyl sites for hydroxylation is 2. The first kappa shape index (κ1) is 24.0. The number of aromatic nitrogens is 2. The summed E-state index contributed by atoms with van der Waals surface area (Å²) >= 11 is 18.0. The van der Waals surface area contributed by atoms with Crippen molar-refractivity contribution in [3.05, 3.63) is 39.6 Å². The van der Waals surface area contributed by atoms with E-state index in [0.29, 0.717) is 16.7 Å². The van der Waals surface area contributed by atoms with Gasteiger partial charge in [0.1, 0.15) is 5.82 Å². The molecule has 9 heteroatoms. The second-order valence-corrected chi connectivity index (χ2v) is 8.58. The van der Waals surface area contributed by atoms with Gasteiger partial charge in [0.25, 0.3) is 0 Å². The number of hydrogen-bond acceptors (Lipinski definition) is 5. The molecule has 31 heavy (non-hydrogen) atoms. The molecule has 1 aromatic heterocycles. The molecule has 0 aliphatic carbocycles. The maximum Gasteiger partial charge on any atom is 0.168 e. The SMILES string of the molecule is CCOC1CN(C(=S)NC)CC1Nc1nc(CC)c(-c2ccc(Cl)cc2Cl)nc1CC. The van der Waals surface area contributed by atoms with Crippen molar-refractivity contribution in [1.82, 2.24) is 20.2 Å². The van der Waals surface area contributed by atoms with E-state index >= 15 is 0 Å². The molecule has 0 amide bonds. The van der Waals surface area contributed by atoms with E-state index in [1.165, 1.54) is 0 Å². The number of anilines is 1. The molecule has 0 spiro atoms. The Kier molecular flexibility index (Phi) is 8.33. The molecular weight excluding hydrogens is 453 g/mol. The summed E-state index contributed by atoms with van der Waals surface area (Å²) in [5.41, 5.74) is 3.42. The molecular formula is C22H29Cl2N5OS. The molecule has 6 nitrogen and oxygen atoms in total. The summed E-state index contributed by atoms with van der Waals surface area (Å²) in [7, 11) is 1.84. The summed E-state index contributed by atoms with van der Waals surface area (Å²) in [6.45, 7) is 8.26. The van der Waals surface area contributed by atoms with Crippen LogP contribution < -0.4 is 10.6 Å². The van der Waals surface area contributed by atoms with E-state index in [1.54, 1.807) is 6.07 Å². The van der Waals surface area contributed by atoms with Gasteiger partial charge in [0, 0.05) is 37.3 Å². The first-order valence-electron chi connectivity index (χ1n) is 10.6. The normalized spacial score (nSPS) is 18.3. The topological polar surface area (TPSA) is 62.3 Å². The zero-order valence-corrected chi connectivity index (χ0v) is 20.7. The summed E-state index contributed by atoms with van der Waals surface area (Å²) in [6.07, 6.45) is 1.48. The van der Waals surface area contributed by atoms with Gasteiger partial charge in [-0.3, -0.25) is 0 Å². The highest BCUT2D eigenvalue weighted by Gasteiger charge is 2.35. The number of likely N-dealkylation sites (tertiary alicyclic amines) is 1. The van der Waals surface area contributed by atoms with Crippen LogP contribution in [0.2, 0.25) is 10.0 Å². The lowest BCUT2D eigenvalue weighted by atomic mass is 10.1. The number of nitrogens with zero attached hydrogens (tertiary/aromatic N) is 3. The van der Waals surface area contributed by atoms with Gasteiger partial charge in [0.05, 0.1) is 34.3 Å². The molecule has 2 aromatic rings. The van der Waals surface area contributed by atoms with E-state index < -0.39 is 0 Å². The van der Waals surface area contributed by atoms with Crippen LogP contribution in [0, 0.1) is 0 Å². The number of hydrogen-bond donors (Lipinski definition) is 2. The lowest BCUT2D eigenvalue weighted by Crippen LogP contribution is -2.37. The van der Waals surface area contributed by atoms with Crippen LogP contribution in [0.5, 0.6) is 0 Å². The Labute approximate surface area is 199 Å². The molecule has 2 atom stereocenters. The van der Waals surface area contributed by atoms with Crippen LogP contribution in [0.25, 0.3) is 11.3 Å². The van der Waals surface area contributed by atoms with Gasteiger partial charge >= 0.3 is 0 Å². The number of benzene rings is 1.